The van der Waals surface area contributed by atoms with Crippen LogP contribution in [0.2, 0.25) is 0 Å². The summed E-state index contributed by atoms with van der Waals surface area (Å²) in [5, 5.41) is 0. The molecule has 3 heteroatoms. The minimum absolute atomic E-state index is 0.858. The average molecular weight is 311 g/mol. The number of pyridine rings is 3. The van der Waals surface area contributed by atoms with Gasteiger partial charge in [0, 0.05) is 24.2 Å². The van der Waals surface area contributed by atoms with Gasteiger partial charge in [-0.1, -0.05) is 48.5 Å². The Morgan fingerprint density at radius 1 is 0.417 bits per heavy atom. The van der Waals surface area contributed by atoms with Crippen LogP contribution >= 0.6 is 0 Å². The minimum atomic E-state index is 0.858. The molecule has 3 nitrogen and oxygen atoms in total. The lowest BCUT2D eigenvalue weighted by Gasteiger charge is -2.06. The summed E-state index contributed by atoms with van der Waals surface area (Å²) in [6.07, 6.45) is 5.33. The summed E-state index contributed by atoms with van der Waals surface area (Å²) in [6.45, 7) is 0. The fourth-order valence-corrected chi connectivity index (χ4v) is 2.23. The molecule has 0 fully saturated rings. The van der Waals surface area contributed by atoms with Crippen LogP contribution in [-0.2, 0) is 0 Å². The fourth-order valence-electron chi connectivity index (χ4n) is 2.23. The number of benzene rings is 1. The van der Waals surface area contributed by atoms with E-state index in [2.05, 4.69) is 15.0 Å². The van der Waals surface area contributed by atoms with Crippen LogP contribution in [0.3, 0.4) is 0 Å². The first kappa shape index (κ1) is 15.6. The lowest BCUT2D eigenvalue weighted by Crippen LogP contribution is -1.92. The molecular formula is C21H17N3. The topological polar surface area (TPSA) is 38.7 Å². The smallest absolute Gasteiger partial charge is 0.0980 e. The maximum Gasteiger partial charge on any atom is 0.0980 e. The molecule has 0 saturated heterocycles. The van der Waals surface area contributed by atoms with Crippen LogP contribution in [0.25, 0.3) is 22.6 Å². The monoisotopic (exact) mass is 311 g/mol. The molecule has 0 atom stereocenters. The van der Waals surface area contributed by atoms with E-state index in [0.717, 1.165) is 22.6 Å². The van der Waals surface area contributed by atoms with Gasteiger partial charge in [0.2, 0.25) is 0 Å². The van der Waals surface area contributed by atoms with Gasteiger partial charge in [0.05, 0.1) is 17.1 Å². The molecule has 4 rings (SSSR count). The zero-order chi connectivity index (χ0) is 16.5. The van der Waals surface area contributed by atoms with E-state index in [1.165, 1.54) is 0 Å². The molecule has 0 aliphatic carbocycles. The molecular weight excluding hydrogens is 294 g/mol. The SMILES string of the molecule is c1ccc(-c2cccnc2-c2ccccn2)nc1.c1ccccc1. The molecule has 3 heterocycles. The van der Waals surface area contributed by atoms with E-state index in [-0.39, 0.29) is 0 Å². The third-order valence-electron chi connectivity index (χ3n) is 3.32. The zero-order valence-corrected chi connectivity index (χ0v) is 13.2. The van der Waals surface area contributed by atoms with Crippen LogP contribution in [0.1, 0.15) is 0 Å². The minimum Gasteiger partial charge on any atom is -0.256 e. The molecule has 0 spiro atoms. The van der Waals surface area contributed by atoms with Gasteiger partial charge < -0.3 is 0 Å². The van der Waals surface area contributed by atoms with Gasteiger partial charge in [-0.3, -0.25) is 15.0 Å². The van der Waals surface area contributed by atoms with Crippen LogP contribution < -0.4 is 0 Å². The van der Waals surface area contributed by atoms with Gasteiger partial charge in [0.15, 0.2) is 0 Å². The van der Waals surface area contributed by atoms with Gasteiger partial charge in [0.1, 0.15) is 0 Å². The van der Waals surface area contributed by atoms with Crippen molar-refractivity contribution in [3.8, 4) is 22.6 Å². The van der Waals surface area contributed by atoms with Crippen LogP contribution in [0.15, 0.2) is 104 Å². The highest BCUT2D eigenvalue weighted by Crippen LogP contribution is 2.26. The molecule has 0 aliphatic heterocycles. The highest BCUT2D eigenvalue weighted by Gasteiger charge is 2.09. The molecule has 1 aromatic carbocycles. The third kappa shape index (κ3) is 4.11. The normalized spacial score (nSPS) is 9.67. The van der Waals surface area contributed by atoms with Gasteiger partial charge in [-0.2, -0.15) is 0 Å². The van der Waals surface area contributed by atoms with Crippen molar-refractivity contribution in [1.82, 2.24) is 15.0 Å². The Labute approximate surface area is 141 Å². The predicted molar refractivity (Wildman–Crippen MR) is 97.1 cm³/mol. The summed E-state index contributed by atoms with van der Waals surface area (Å²) in [4.78, 5) is 13.1. The number of nitrogens with zero attached hydrogens (tertiary/aromatic N) is 3. The fraction of sp³-hybridized carbons (Fsp3) is 0. The van der Waals surface area contributed by atoms with Crippen molar-refractivity contribution in [2.75, 3.05) is 0 Å². The quantitative estimate of drug-likeness (QED) is 0.529. The first-order valence-corrected chi connectivity index (χ1v) is 7.73. The summed E-state index contributed by atoms with van der Waals surface area (Å²) in [6, 6.07) is 27.6. The van der Waals surface area contributed by atoms with E-state index in [4.69, 9.17) is 0 Å². The number of rotatable bonds is 2. The van der Waals surface area contributed by atoms with Gasteiger partial charge in [-0.05, 0) is 36.4 Å². The Balaban J connectivity index is 0.000000238. The van der Waals surface area contributed by atoms with Gasteiger partial charge in [-0.15, -0.1) is 0 Å². The standard InChI is InChI=1S/C15H11N3.C6H6/c1-3-9-16-13(7-1)12-6-5-11-18-15(12)14-8-2-4-10-17-14;1-2-4-6-5-3-1/h1-11H;1-6H. The summed E-state index contributed by atoms with van der Waals surface area (Å²) in [7, 11) is 0. The lowest BCUT2D eigenvalue weighted by molar-refractivity contribution is 1.23. The second kappa shape index (κ2) is 8.34. The summed E-state index contributed by atoms with van der Waals surface area (Å²) >= 11 is 0. The number of aromatic nitrogens is 3. The molecule has 116 valence electrons. The number of hydrogen-bond acceptors (Lipinski definition) is 3. The van der Waals surface area contributed by atoms with Crippen LogP contribution in [0.5, 0.6) is 0 Å². The van der Waals surface area contributed by atoms with Gasteiger partial charge in [-0.25, -0.2) is 0 Å². The molecule has 0 N–H and O–H groups in total. The Bertz CT molecular complexity index is 762. The second-order valence-electron chi connectivity index (χ2n) is 4.98. The molecule has 0 aliphatic rings. The number of hydrogen-bond donors (Lipinski definition) is 0. The lowest BCUT2D eigenvalue weighted by atomic mass is 10.1. The molecule has 3 aromatic heterocycles. The van der Waals surface area contributed by atoms with Crippen molar-refractivity contribution in [2.45, 2.75) is 0 Å². The summed E-state index contributed by atoms with van der Waals surface area (Å²) in [5.41, 5.74) is 3.62. The van der Waals surface area contributed by atoms with Gasteiger partial charge in [0.25, 0.3) is 0 Å². The van der Waals surface area contributed by atoms with E-state index in [1.807, 2.05) is 84.9 Å². The van der Waals surface area contributed by atoms with Crippen molar-refractivity contribution in [3.63, 3.8) is 0 Å². The maximum absolute atomic E-state index is 4.42. The zero-order valence-electron chi connectivity index (χ0n) is 13.2. The largest absolute Gasteiger partial charge is 0.256 e. The van der Waals surface area contributed by atoms with Crippen molar-refractivity contribution in [1.29, 1.82) is 0 Å². The second-order valence-corrected chi connectivity index (χ2v) is 4.98. The first-order chi connectivity index (χ1) is 11.9. The van der Waals surface area contributed by atoms with E-state index < -0.39 is 0 Å². The Kier molecular flexibility index (Phi) is 5.41. The Morgan fingerprint density at radius 3 is 1.50 bits per heavy atom. The predicted octanol–water partition coefficient (Wildman–Crippen LogP) is 4.89. The highest BCUT2D eigenvalue weighted by atomic mass is 14.8. The van der Waals surface area contributed by atoms with Crippen molar-refractivity contribution in [2.24, 2.45) is 0 Å². The Hall–Kier alpha value is -3.33. The van der Waals surface area contributed by atoms with Crippen molar-refractivity contribution >= 4 is 0 Å². The molecule has 0 unspecified atom stereocenters. The molecule has 0 saturated carbocycles. The summed E-state index contributed by atoms with van der Waals surface area (Å²) in [5.74, 6) is 0. The average Bonchev–Trinajstić information content (AvgIpc) is 2.71. The molecule has 4 aromatic rings. The van der Waals surface area contributed by atoms with Crippen LogP contribution in [-0.4, -0.2) is 15.0 Å². The maximum atomic E-state index is 4.42. The van der Waals surface area contributed by atoms with Crippen molar-refractivity contribution in [3.05, 3.63) is 104 Å². The van der Waals surface area contributed by atoms with E-state index in [9.17, 15) is 0 Å². The van der Waals surface area contributed by atoms with E-state index >= 15 is 0 Å². The van der Waals surface area contributed by atoms with E-state index in [1.54, 1.807) is 18.6 Å². The van der Waals surface area contributed by atoms with Crippen LogP contribution in [0.4, 0.5) is 0 Å². The van der Waals surface area contributed by atoms with E-state index in [0.29, 0.717) is 0 Å². The molecule has 0 radical (unpaired) electrons. The third-order valence-corrected chi connectivity index (χ3v) is 3.32. The Morgan fingerprint density at radius 2 is 0.958 bits per heavy atom. The summed E-state index contributed by atoms with van der Waals surface area (Å²) < 4.78 is 0. The first-order valence-electron chi connectivity index (χ1n) is 7.73. The molecule has 0 amide bonds. The van der Waals surface area contributed by atoms with Gasteiger partial charge >= 0.3 is 0 Å². The highest BCUT2D eigenvalue weighted by molar-refractivity contribution is 5.76. The molecule has 24 heavy (non-hydrogen) atoms. The molecule has 0 bridgehead atoms. The van der Waals surface area contributed by atoms with Crippen molar-refractivity contribution < 1.29 is 0 Å². The van der Waals surface area contributed by atoms with Crippen LogP contribution in [0, 0.1) is 0 Å².